The normalized spacial score (nSPS) is 17.7. The lowest BCUT2D eigenvalue weighted by Crippen LogP contribution is -3.15. The molecule has 8 heteroatoms. The maximum absolute atomic E-state index is 12.7. The maximum atomic E-state index is 12.7. The van der Waals surface area contributed by atoms with Crippen molar-refractivity contribution in [3.8, 4) is 11.5 Å². The summed E-state index contributed by atoms with van der Waals surface area (Å²) in [5.74, 6) is 1.72. The number of amides is 2. The van der Waals surface area contributed by atoms with E-state index in [1.165, 1.54) is 4.90 Å². The fraction of sp³-hybridized carbons (Fsp3) is 0.619. The zero-order chi connectivity index (χ0) is 20.8. The van der Waals surface area contributed by atoms with Crippen LogP contribution in [0.1, 0.15) is 32.4 Å². The molecule has 0 saturated carbocycles. The molecule has 0 aliphatic carbocycles. The van der Waals surface area contributed by atoms with E-state index >= 15 is 0 Å². The number of nitrogens with one attached hydrogen (secondary N) is 2. The van der Waals surface area contributed by atoms with Gasteiger partial charge in [-0.3, -0.25) is 9.69 Å². The number of quaternary nitrogens is 1. The Bertz CT molecular complexity index is 716. The van der Waals surface area contributed by atoms with Crippen LogP contribution in [0.25, 0.3) is 0 Å². The van der Waals surface area contributed by atoms with E-state index in [2.05, 4.69) is 19.2 Å². The standard InChI is InChI=1S/C21H31N3O5/c1-4-27-21(26)24-9-7-23(8-10-24)14-19(25)22-20(15(2)3)16-5-6-17-18(13-16)29-12-11-28-17/h5-6,13,15,20H,4,7-12,14H2,1-3H3,(H,22,25)/p+1/t20-/m1/s1. The molecule has 2 N–H and O–H groups in total. The van der Waals surface area contributed by atoms with Gasteiger partial charge in [0, 0.05) is 0 Å². The number of hydrogen-bond donors (Lipinski definition) is 2. The van der Waals surface area contributed by atoms with Crippen LogP contribution >= 0.6 is 0 Å². The topological polar surface area (TPSA) is 81.5 Å². The van der Waals surface area contributed by atoms with Crippen molar-refractivity contribution in [2.45, 2.75) is 26.8 Å². The molecular formula is C21H32N3O5+. The quantitative estimate of drug-likeness (QED) is 0.724. The Hall–Kier alpha value is -2.48. The molecule has 1 aromatic carbocycles. The number of carbonyl (C=O) groups is 2. The third-order valence-electron chi connectivity index (χ3n) is 5.32. The maximum Gasteiger partial charge on any atom is 0.410 e. The first kappa shape index (κ1) is 21.2. The number of fused-ring (bicyclic) bond motifs is 1. The van der Waals surface area contributed by atoms with Gasteiger partial charge in [0.1, 0.15) is 13.2 Å². The van der Waals surface area contributed by atoms with E-state index in [-0.39, 0.29) is 24.0 Å². The van der Waals surface area contributed by atoms with Crippen LogP contribution in [-0.2, 0) is 9.53 Å². The number of benzene rings is 1. The molecule has 160 valence electrons. The second-order valence-corrected chi connectivity index (χ2v) is 7.81. The SMILES string of the molecule is CCOC(=O)N1CC[NH+](CC(=O)N[C@@H](c2ccc3c(c2)OCCO3)C(C)C)CC1. The zero-order valence-corrected chi connectivity index (χ0v) is 17.5. The summed E-state index contributed by atoms with van der Waals surface area (Å²) in [4.78, 5) is 27.4. The van der Waals surface area contributed by atoms with Gasteiger partial charge in [0.25, 0.3) is 5.91 Å². The van der Waals surface area contributed by atoms with E-state index in [9.17, 15) is 9.59 Å². The van der Waals surface area contributed by atoms with Crippen LogP contribution in [-0.4, -0.2) is 69.4 Å². The molecule has 2 heterocycles. The van der Waals surface area contributed by atoms with Gasteiger partial charge in [0.15, 0.2) is 18.0 Å². The molecule has 2 aliphatic heterocycles. The number of rotatable bonds is 6. The van der Waals surface area contributed by atoms with Gasteiger partial charge >= 0.3 is 6.09 Å². The Morgan fingerprint density at radius 1 is 1.17 bits per heavy atom. The van der Waals surface area contributed by atoms with Crippen LogP contribution in [0.3, 0.4) is 0 Å². The first-order valence-electron chi connectivity index (χ1n) is 10.4. The van der Waals surface area contributed by atoms with Crippen molar-refractivity contribution in [2.75, 3.05) is 52.5 Å². The molecule has 2 amide bonds. The number of carbonyl (C=O) groups excluding carboxylic acids is 2. The summed E-state index contributed by atoms with van der Waals surface area (Å²) in [6.07, 6.45) is -0.269. The molecule has 0 spiro atoms. The fourth-order valence-corrected chi connectivity index (χ4v) is 3.74. The van der Waals surface area contributed by atoms with Crippen molar-refractivity contribution in [3.63, 3.8) is 0 Å². The molecule has 1 saturated heterocycles. The molecule has 1 fully saturated rings. The third-order valence-corrected chi connectivity index (χ3v) is 5.32. The van der Waals surface area contributed by atoms with E-state index in [1.54, 1.807) is 11.8 Å². The Morgan fingerprint density at radius 3 is 2.52 bits per heavy atom. The Labute approximate surface area is 172 Å². The van der Waals surface area contributed by atoms with Crippen molar-refractivity contribution in [3.05, 3.63) is 23.8 Å². The number of nitrogens with zero attached hydrogens (tertiary/aromatic N) is 1. The molecule has 8 nitrogen and oxygen atoms in total. The summed E-state index contributed by atoms with van der Waals surface area (Å²) in [6.45, 7) is 10.5. The van der Waals surface area contributed by atoms with Crippen LogP contribution in [0.2, 0.25) is 0 Å². The molecule has 1 aromatic rings. The molecule has 2 aliphatic rings. The summed E-state index contributed by atoms with van der Waals surface area (Å²) in [5, 5.41) is 3.18. The predicted octanol–water partition coefficient (Wildman–Crippen LogP) is 0.628. The summed E-state index contributed by atoms with van der Waals surface area (Å²) < 4.78 is 16.3. The van der Waals surface area contributed by atoms with Crippen LogP contribution in [0.4, 0.5) is 4.79 Å². The number of ether oxygens (including phenoxy) is 3. The van der Waals surface area contributed by atoms with Crippen molar-refractivity contribution in [2.24, 2.45) is 5.92 Å². The largest absolute Gasteiger partial charge is 0.486 e. The van der Waals surface area contributed by atoms with Crippen LogP contribution in [0, 0.1) is 5.92 Å². The predicted molar refractivity (Wildman–Crippen MR) is 107 cm³/mol. The Balaban J connectivity index is 1.55. The zero-order valence-electron chi connectivity index (χ0n) is 17.5. The Kier molecular flexibility index (Phi) is 7.19. The highest BCUT2D eigenvalue weighted by molar-refractivity contribution is 5.77. The van der Waals surface area contributed by atoms with E-state index in [1.807, 2.05) is 18.2 Å². The summed E-state index contributed by atoms with van der Waals surface area (Å²) >= 11 is 0. The number of piperazine rings is 1. The third kappa shape index (κ3) is 5.53. The fourth-order valence-electron chi connectivity index (χ4n) is 3.74. The highest BCUT2D eigenvalue weighted by Crippen LogP contribution is 2.34. The van der Waals surface area contributed by atoms with E-state index in [4.69, 9.17) is 14.2 Å². The molecule has 29 heavy (non-hydrogen) atoms. The highest BCUT2D eigenvalue weighted by Gasteiger charge is 2.27. The average Bonchev–Trinajstić information content (AvgIpc) is 2.72. The lowest BCUT2D eigenvalue weighted by Gasteiger charge is -2.32. The first-order chi connectivity index (χ1) is 14.0. The molecule has 0 bridgehead atoms. The molecule has 1 atom stereocenters. The molecule has 0 unspecified atom stereocenters. The second kappa shape index (κ2) is 9.82. The van der Waals surface area contributed by atoms with Crippen LogP contribution < -0.4 is 19.7 Å². The van der Waals surface area contributed by atoms with Crippen LogP contribution in [0.5, 0.6) is 11.5 Å². The smallest absolute Gasteiger partial charge is 0.410 e. The lowest BCUT2D eigenvalue weighted by molar-refractivity contribution is -0.896. The summed E-state index contributed by atoms with van der Waals surface area (Å²) in [5.41, 5.74) is 1.01. The second-order valence-electron chi connectivity index (χ2n) is 7.81. The van der Waals surface area contributed by atoms with Gasteiger partial charge in [-0.1, -0.05) is 19.9 Å². The highest BCUT2D eigenvalue weighted by atomic mass is 16.6. The van der Waals surface area contributed by atoms with Gasteiger partial charge in [-0.15, -0.1) is 0 Å². The molecular weight excluding hydrogens is 374 g/mol. The lowest BCUT2D eigenvalue weighted by atomic mass is 9.95. The van der Waals surface area contributed by atoms with E-state index < -0.39 is 0 Å². The Morgan fingerprint density at radius 2 is 1.86 bits per heavy atom. The molecule has 0 aromatic heterocycles. The molecule has 3 rings (SSSR count). The van der Waals surface area contributed by atoms with Gasteiger partial charge in [-0.25, -0.2) is 4.79 Å². The van der Waals surface area contributed by atoms with Gasteiger partial charge in [0.2, 0.25) is 0 Å². The van der Waals surface area contributed by atoms with Gasteiger partial charge in [-0.2, -0.15) is 0 Å². The van der Waals surface area contributed by atoms with Gasteiger partial charge in [0.05, 0.1) is 38.8 Å². The van der Waals surface area contributed by atoms with Crippen molar-refractivity contribution < 1.29 is 28.7 Å². The van der Waals surface area contributed by atoms with Crippen LogP contribution in [0.15, 0.2) is 18.2 Å². The summed E-state index contributed by atoms with van der Waals surface area (Å²) in [6, 6.07) is 5.76. The minimum atomic E-state index is -0.269. The van der Waals surface area contributed by atoms with E-state index in [0.717, 1.165) is 30.2 Å². The van der Waals surface area contributed by atoms with Crippen molar-refractivity contribution in [1.29, 1.82) is 0 Å². The van der Waals surface area contributed by atoms with Gasteiger partial charge in [-0.05, 0) is 30.5 Å². The van der Waals surface area contributed by atoms with Crippen molar-refractivity contribution >= 4 is 12.0 Å². The number of hydrogen-bond acceptors (Lipinski definition) is 5. The average molecular weight is 407 g/mol. The minimum Gasteiger partial charge on any atom is -0.486 e. The summed E-state index contributed by atoms with van der Waals surface area (Å²) in [7, 11) is 0. The van der Waals surface area contributed by atoms with E-state index in [0.29, 0.717) is 39.5 Å². The minimum absolute atomic E-state index is 0.0122. The first-order valence-corrected chi connectivity index (χ1v) is 10.4. The monoisotopic (exact) mass is 406 g/mol. The van der Waals surface area contributed by atoms with Gasteiger partial charge < -0.3 is 24.4 Å². The molecule has 0 radical (unpaired) electrons. The van der Waals surface area contributed by atoms with Crippen molar-refractivity contribution in [1.82, 2.24) is 10.2 Å².